The molecule has 3 aromatic rings. The fourth-order valence-corrected chi connectivity index (χ4v) is 3.48. The van der Waals surface area contributed by atoms with Gasteiger partial charge in [-0.25, -0.2) is 0 Å². The minimum atomic E-state index is -0.181. The Balaban J connectivity index is 1.24. The normalized spacial score (nSPS) is 14.3. The van der Waals surface area contributed by atoms with E-state index in [2.05, 4.69) is 57.2 Å². The molecular weight excluding hydrogens is 376 g/mol. The van der Waals surface area contributed by atoms with E-state index in [-0.39, 0.29) is 11.9 Å². The van der Waals surface area contributed by atoms with Gasteiger partial charge in [-0.15, -0.1) is 10.2 Å². The summed E-state index contributed by atoms with van der Waals surface area (Å²) in [7, 11) is 0. The summed E-state index contributed by atoms with van der Waals surface area (Å²) in [5.41, 5.74) is 4.03. The van der Waals surface area contributed by atoms with Crippen LogP contribution in [0.2, 0.25) is 0 Å². The first-order valence-electron chi connectivity index (χ1n) is 10.4. The van der Waals surface area contributed by atoms with Crippen molar-refractivity contribution in [2.24, 2.45) is 0 Å². The molecule has 1 aromatic heterocycles. The molecule has 0 atom stereocenters. The first kappa shape index (κ1) is 20.0. The summed E-state index contributed by atoms with van der Waals surface area (Å²) in [4.78, 5) is 12.3. The second-order valence-electron chi connectivity index (χ2n) is 7.40. The molecule has 0 bridgehead atoms. The van der Waals surface area contributed by atoms with Gasteiger partial charge in [-0.05, 0) is 48.1 Å². The Labute approximate surface area is 176 Å². The number of nitrogens with zero attached hydrogens (tertiary/aromatic N) is 2. The highest BCUT2D eigenvalue weighted by Gasteiger charge is 2.17. The van der Waals surface area contributed by atoms with E-state index in [1.54, 1.807) is 12.1 Å². The molecule has 1 amide bonds. The van der Waals surface area contributed by atoms with Crippen molar-refractivity contribution >= 4 is 11.7 Å². The molecule has 1 fully saturated rings. The van der Waals surface area contributed by atoms with Gasteiger partial charge in [0.15, 0.2) is 5.69 Å². The highest BCUT2D eigenvalue weighted by atomic mass is 16.5. The number of amides is 1. The smallest absolute Gasteiger partial charge is 0.272 e. The Hall–Kier alpha value is -3.25. The van der Waals surface area contributed by atoms with Crippen molar-refractivity contribution < 1.29 is 9.53 Å². The van der Waals surface area contributed by atoms with Gasteiger partial charge in [0.2, 0.25) is 0 Å². The SMILES string of the molecule is O=C(NC1CCOCC1)c1ccc(NCCc2ccc(-c3ccccc3)cc2)nn1. The number of benzene rings is 2. The van der Waals surface area contributed by atoms with Gasteiger partial charge in [-0.2, -0.15) is 0 Å². The van der Waals surface area contributed by atoms with Gasteiger partial charge in [0.05, 0.1) is 0 Å². The predicted octanol–water partition coefficient (Wildman–Crippen LogP) is 3.71. The number of anilines is 1. The predicted molar refractivity (Wildman–Crippen MR) is 117 cm³/mol. The Morgan fingerprint density at radius 2 is 1.63 bits per heavy atom. The summed E-state index contributed by atoms with van der Waals surface area (Å²) >= 11 is 0. The van der Waals surface area contributed by atoms with E-state index in [4.69, 9.17) is 4.74 Å². The third-order valence-corrected chi connectivity index (χ3v) is 5.23. The maximum absolute atomic E-state index is 12.3. The molecule has 0 aliphatic carbocycles. The van der Waals surface area contributed by atoms with Crippen molar-refractivity contribution in [1.82, 2.24) is 15.5 Å². The minimum absolute atomic E-state index is 0.152. The van der Waals surface area contributed by atoms with E-state index in [9.17, 15) is 4.79 Å². The molecule has 6 nitrogen and oxygen atoms in total. The number of rotatable bonds is 7. The average Bonchev–Trinajstić information content (AvgIpc) is 2.81. The Bertz CT molecular complexity index is 937. The van der Waals surface area contributed by atoms with Crippen molar-refractivity contribution in [2.75, 3.05) is 25.1 Å². The number of hydrogen-bond donors (Lipinski definition) is 2. The molecule has 1 saturated heterocycles. The van der Waals surface area contributed by atoms with Gasteiger partial charge in [0, 0.05) is 25.8 Å². The first-order valence-corrected chi connectivity index (χ1v) is 10.4. The lowest BCUT2D eigenvalue weighted by Gasteiger charge is -2.22. The highest BCUT2D eigenvalue weighted by molar-refractivity contribution is 5.92. The summed E-state index contributed by atoms with van der Waals surface area (Å²) in [6.45, 7) is 2.12. The number of carbonyl (C=O) groups is 1. The van der Waals surface area contributed by atoms with Gasteiger partial charge >= 0.3 is 0 Å². The minimum Gasteiger partial charge on any atom is -0.381 e. The van der Waals surface area contributed by atoms with Crippen LogP contribution < -0.4 is 10.6 Å². The third kappa shape index (κ3) is 5.42. The van der Waals surface area contributed by atoms with Crippen molar-refractivity contribution in [2.45, 2.75) is 25.3 Å². The summed E-state index contributed by atoms with van der Waals surface area (Å²) < 4.78 is 5.31. The van der Waals surface area contributed by atoms with Gasteiger partial charge in [0.1, 0.15) is 5.82 Å². The topological polar surface area (TPSA) is 76.1 Å². The lowest BCUT2D eigenvalue weighted by atomic mass is 10.0. The van der Waals surface area contributed by atoms with Crippen LogP contribution in [0.15, 0.2) is 66.7 Å². The van der Waals surface area contributed by atoms with E-state index in [1.165, 1.54) is 16.7 Å². The molecule has 0 saturated carbocycles. The molecule has 154 valence electrons. The molecule has 2 aromatic carbocycles. The quantitative estimate of drug-likeness (QED) is 0.630. The summed E-state index contributed by atoms with van der Waals surface area (Å²) in [6, 6.07) is 22.6. The van der Waals surface area contributed by atoms with E-state index >= 15 is 0 Å². The van der Waals surface area contributed by atoms with E-state index in [0.717, 1.165) is 25.8 Å². The molecule has 1 aliphatic heterocycles. The number of ether oxygens (including phenoxy) is 1. The number of nitrogens with one attached hydrogen (secondary N) is 2. The summed E-state index contributed by atoms with van der Waals surface area (Å²) in [5, 5.41) is 14.4. The van der Waals surface area contributed by atoms with Crippen molar-refractivity contribution in [1.29, 1.82) is 0 Å². The lowest BCUT2D eigenvalue weighted by Crippen LogP contribution is -2.39. The van der Waals surface area contributed by atoms with Crippen LogP contribution in [0.1, 0.15) is 28.9 Å². The van der Waals surface area contributed by atoms with Crippen LogP contribution in [0.25, 0.3) is 11.1 Å². The Kier molecular flexibility index (Phi) is 6.67. The maximum Gasteiger partial charge on any atom is 0.272 e. The average molecular weight is 402 g/mol. The fraction of sp³-hybridized carbons (Fsp3) is 0.292. The van der Waals surface area contributed by atoms with E-state index in [1.807, 2.05) is 18.2 Å². The number of aromatic nitrogens is 2. The summed E-state index contributed by atoms with van der Waals surface area (Å²) in [6.07, 6.45) is 2.55. The van der Waals surface area contributed by atoms with Crippen LogP contribution in [-0.2, 0) is 11.2 Å². The second-order valence-corrected chi connectivity index (χ2v) is 7.40. The number of carbonyl (C=O) groups excluding carboxylic acids is 1. The van der Waals surface area contributed by atoms with Crippen LogP contribution in [0.4, 0.5) is 5.82 Å². The molecule has 2 heterocycles. The fourth-order valence-electron chi connectivity index (χ4n) is 3.48. The zero-order chi connectivity index (χ0) is 20.6. The Morgan fingerprint density at radius 1 is 0.900 bits per heavy atom. The molecule has 0 spiro atoms. The van der Waals surface area contributed by atoms with Gasteiger partial charge < -0.3 is 15.4 Å². The molecular formula is C24H26N4O2. The van der Waals surface area contributed by atoms with Gasteiger partial charge in [0.25, 0.3) is 5.91 Å². The van der Waals surface area contributed by atoms with Crippen LogP contribution in [0.5, 0.6) is 0 Å². The zero-order valence-electron chi connectivity index (χ0n) is 16.9. The van der Waals surface area contributed by atoms with E-state index in [0.29, 0.717) is 24.7 Å². The molecule has 0 radical (unpaired) electrons. The molecule has 1 aliphatic rings. The lowest BCUT2D eigenvalue weighted by molar-refractivity contribution is 0.0693. The second kappa shape index (κ2) is 9.98. The van der Waals surface area contributed by atoms with E-state index < -0.39 is 0 Å². The first-order chi connectivity index (χ1) is 14.8. The van der Waals surface area contributed by atoms with Gasteiger partial charge in [-0.3, -0.25) is 4.79 Å². The van der Waals surface area contributed by atoms with Crippen LogP contribution in [0.3, 0.4) is 0 Å². The molecule has 30 heavy (non-hydrogen) atoms. The van der Waals surface area contributed by atoms with Crippen LogP contribution in [0, 0.1) is 0 Å². The molecule has 2 N–H and O–H groups in total. The largest absolute Gasteiger partial charge is 0.381 e. The standard InChI is InChI=1S/C24H26N4O2/c29-24(26-21-13-16-30-17-14-21)22-10-11-23(28-27-22)25-15-12-18-6-8-20(9-7-18)19-4-2-1-3-5-19/h1-11,21H,12-17H2,(H,25,28)(H,26,29). The summed E-state index contributed by atoms with van der Waals surface area (Å²) in [5.74, 6) is 0.484. The maximum atomic E-state index is 12.3. The monoisotopic (exact) mass is 402 g/mol. The molecule has 4 rings (SSSR count). The van der Waals surface area contributed by atoms with Crippen molar-refractivity contribution in [3.63, 3.8) is 0 Å². The Morgan fingerprint density at radius 3 is 2.33 bits per heavy atom. The zero-order valence-corrected chi connectivity index (χ0v) is 16.9. The van der Waals surface area contributed by atoms with Crippen LogP contribution >= 0.6 is 0 Å². The highest BCUT2D eigenvalue weighted by Crippen LogP contribution is 2.19. The molecule has 0 unspecified atom stereocenters. The van der Waals surface area contributed by atoms with Crippen molar-refractivity contribution in [3.05, 3.63) is 78.0 Å². The molecule has 6 heteroatoms. The van der Waals surface area contributed by atoms with Crippen LogP contribution in [-0.4, -0.2) is 41.9 Å². The van der Waals surface area contributed by atoms with Crippen molar-refractivity contribution in [3.8, 4) is 11.1 Å². The number of hydrogen-bond acceptors (Lipinski definition) is 5. The third-order valence-electron chi connectivity index (χ3n) is 5.23. The van der Waals surface area contributed by atoms with Gasteiger partial charge in [-0.1, -0.05) is 54.6 Å².